The van der Waals surface area contributed by atoms with Crippen molar-refractivity contribution < 1.29 is 9.59 Å². The van der Waals surface area contributed by atoms with Gasteiger partial charge in [-0.3, -0.25) is 14.3 Å². The summed E-state index contributed by atoms with van der Waals surface area (Å²) in [6.07, 6.45) is 2.94. The number of amides is 2. The molecule has 2 amide bonds. The van der Waals surface area contributed by atoms with Gasteiger partial charge in [0.2, 0.25) is 11.8 Å². The molecule has 2 aromatic rings. The van der Waals surface area contributed by atoms with Crippen molar-refractivity contribution in [1.82, 2.24) is 9.78 Å². The van der Waals surface area contributed by atoms with E-state index in [9.17, 15) is 9.59 Å². The van der Waals surface area contributed by atoms with Crippen molar-refractivity contribution in [3.63, 3.8) is 0 Å². The highest BCUT2D eigenvalue weighted by Gasteiger charge is 2.16. The zero-order valence-electron chi connectivity index (χ0n) is 10.7. The molecule has 2 rings (SSSR count). The second-order valence-corrected chi connectivity index (χ2v) is 4.27. The Bertz CT molecular complexity index is 608. The first-order valence-corrected chi connectivity index (χ1v) is 5.98. The summed E-state index contributed by atoms with van der Waals surface area (Å²) in [7, 11) is 0. The zero-order valence-corrected chi connectivity index (χ0v) is 10.7. The van der Waals surface area contributed by atoms with Crippen LogP contribution in [0.1, 0.15) is 11.6 Å². The molecule has 0 aliphatic heterocycles. The van der Waals surface area contributed by atoms with Gasteiger partial charge in [-0.1, -0.05) is 30.3 Å². The van der Waals surface area contributed by atoms with Crippen LogP contribution < -0.4 is 16.8 Å². The number of aromatic nitrogens is 2. The molecule has 0 saturated heterocycles. The molecule has 0 spiro atoms. The predicted molar refractivity (Wildman–Crippen MR) is 73.4 cm³/mol. The Labute approximate surface area is 115 Å². The SMILES string of the molecule is NC(=O)Cn1cc(NC(=O)C(N)c2ccccc2)cn1. The average molecular weight is 273 g/mol. The maximum Gasteiger partial charge on any atom is 0.245 e. The first kappa shape index (κ1) is 13.8. The maximum absolute atomic E-state index is 12.0. The molecule has 20 heavy (non-hydrogen) atoms. The number of anilines is 1. The van der Waals surface area contributed by atoms with Crippen LogP contribution in [-0.2, 0) is 16.1 Å². The fourth-order valence-corrected chi connectivity index (χ4v) is 1.71. The Morgan fingerprint density at radius 1 is 1.30 bits per heavy atom. The summed E-state index contributed by atoms with van der Waals surface area (Å²) < 4.78 is 1.34. The second kappa shape index (κ2) is 5.98. The van der Waals surface area contributed by atoms with E-state index in [1.807, 2.05) is 18.2 Å². The second-order valence-electron chi connectivity index (χ2n) is 4.27. The van der Waals surface area contributed by atoms with Crippen LogP contribution in [0.3, 0.4) is 0 Å². The third kappa shape index (κ3) is 3.42. The molecule has 0 aliphatic carbocycles. The number of nitrogens with one attached hydrogen (secondary N) is 1. The van der Waals surface area contributed by atoms with Crippen LogP contribution >= 0.6 is 0 Å². The lowest BCUT2D eigenvalue weighted by molar-refractivity contribution is -0.119. The minimum atomic E-state index is -0.768. The van der Waals surface area contributed by atoms with Gasteiger partial charge in [0.1, 0.15) is 12.6 Å². The lowest BCUT2D eigenvalue weighted by atomic mass is 10.1. The van der Waals surface area contributed by atoms with Crippen LogP contribution in [0.5, 0.6) is 0 Å². The third-order valence-electron chi connectivity index (χ3n) is 2.66. The summed E-state index contributed by atoms with van der Waals surface area (Å²) in [5, 5.41) is 6.54. The van der Waals surface area contributed by atoms with Crippen molar-refractivity contribution in [2.45, 2.75) is 12.6 Å². The normalized spacial score (nSPS) is 11.8. The first-order valence-electron chi connectivity index (χ1n) is 5.98. The number of primary amides is 1. The number of hydrogen-bond acceptors (Lipinski definition) is 4. The molecular weight excluding hydrogens is 258 g/mol. The van der Waals surface area contributed by atoms with E-state index in [4.69, 9.17) is 11.5 Å². The third-order valence-corrected chi connectivity index (χ3v) is 2.66. The maximum atomic E-state index is 12.0. The molecule has 1 atom stereocenters. The Balaban J connectivity index is 2.01. The number of nitrogens with zero attached hydrogens (tertiary/aromatic N) is 2. The predicted octanol–water partition coefficient (Wildman–Crippen LogP) is 0.00690. The summed E-state index contributed by atoms with van der Waals surface area (Å²) in [4.78, 5) is 22.7. The van der Waals surface area contributed by atoms with E-state index in [2.05, 4.69) is 10.4 Å². The highest BCUT2D eigenvalue weighted by molar-refractivity contribution is 5.95. The molecule has 7 nitrogen and oxygen atoms in total. The van der Waals surface area contributed by atoms with Crippen LogP contribution in [0.15, 0.2) is 42.7 Å². The lowest BCUT2D eigenvalue weighted by Crippen LogP contribution is -2.27. The van der Waals surface area contributed by atoms with Crippen LogP contribution in [0, 0.1) is 0 Å². The fourth-order valence-electron chi connectivity index (χ4n) is 1.71. The fraction of sp³-hybridized carbons (Fsp3) is 0.154. The molecule has 1 aromatic carbocycles. The van der Waals surface area contributed by atoms with Crippen molar-refractivity contribution in [3.05, 3.63) is 48.3 Å². The smallest absolute Gasteiger partial charge is 0.245 e. The molecule has 104 valence electrons. The molecule has 0 radical (unpaired) electrons. The number of carbonyl (C=O) groups is 2. The van der Waals surface area contributed by atoms with E-state index < -0.39 is 11.9 Å². The molecule has 7 heteroatoms. The van der Waals surface area contributed by atoms with Crippen molar-refractivity contribution in [3.8, 4) is 0 Å². The Kier molecular flexibility index (Phi) is 4.11. The molecule has 0 aliphatic rings. The molecule has 0 bridgehead atoms. The van der Waals surface area contributed by atoms with Gasteiger partial charge in [0.25, 0.3) is 0 Å². The molecule has 1 aromatic heterocycles. The Morgan fingerprint density at radius 3 is 2.65 bits per heavy atom. The van der Waals surface area contributed by atoms with E-state index in [0.717, 1.165) is 5.56 Å². The minimum absolute atomic E-state index is 0.0411. The van der Waals surface area contributed by atoms with Crippen LogP contribution in [0.25, 0.3) is 0 Å². The summed E-state index contributed by atoms with van der Waals surface area (Å²) in [6, 6.07) is 8.26. The van der Waals surface area contributed by atoms with Gasteiger partial charge in [-0.25, -0.2) is 0 Å². The molecule has 5 N–H and O–H groups in total. The van der Waals surface area contributed by atoms with Crippen LogP contribution in [-0.4, -0.2) is 21.6 Å². The minimum Gasteiger partial charge on any atom is -0.368 e. The molecule has 1 unspecified atom stereocenters. The number of rotatable bonds is 5. The lowest BCUT2D eigenvalue weighted by Gasteiger charge is -2.11. The summed E-state index contributed by atoms with van der Waals surface area (Å²) >= 11 is 0. The van der Waals surface area contributed by atoms with E-state index >= 15 is 0 Å². The molecule has 1 heterocycles. The highest BCUT2D eigenvalue weighted by Crippen LogP contribution is 2.13. The Hall–Kier alpha value is -2.67. The van der Waals surface area contributed by atoms with Gasteiger partial charge in [0, 0.05) is 6.20 Å². The average Bonchev–Trinajstić information content (AvgIpc) is 2.85. The van der Waals surface area contributed by atoms with Crippen molar-refractivity contribution in [1.29, 1.82) is 0 Å². The van der Waals surface area contributed by atoms with E-state index in [1.165, 1.54) is 17.1 Å². The number of benzene rings is 1. The van der Waals surface area contributed by atoms with Crippen molar-refractivity contribution in [2.75, 3.05) is 5.32 Å². The Morgan fingerprint density at radius 2 is 2.00 bits per heavy atom. The number of nitrogens with two attached hydrogens (primary N) is 2. The summed E-state index contributed by atoms with van der Waals surface area (Å²) in [6.45, 7) is -0.0411. The largest absolute Gasteiger partial charge is 0.368 e. The van der Waals surface area contributed by atoms with Gasteiger partial charge in [0.05, 0.1) is 11.9 Å². The summed E-state index contributed by atoms with van der Waals surface area (Å²) in [5.41, 5.74) is 12.1. The van der Waals surface area contributed by atoms with E-state index in [-0.39, 0.29) is 12.5 Å². The van der Waals surface area contributed by atoms with Gasteiger partial charge in [-0.2, -0.15) is 5.10 Å². The number of carbonyl (C=O) groups excluding carboxylic acids is 2. The van der Waals surface area contributed by atoms with Gasteiger partial charge in [-0.15, -0.1) is 0 Å². The van der Waals surface area contributed by atoms with Gasteiger partial charge in [0.15, 0.2) is 0 Å². The monoisotopic (exact) mass is 273 g/mol. The standard InChI is InChI=1S/C13H15N5O2/c14-11(19)8-18-7-10(6-16-18)17-13(20)12(15)9-4-2-1-3-5-9/h1-7,12H,8,15H2,(H2,14,19)(H,17,20). The van der Waals surface area contributed by atoms with Gasteiger partial charge < -0.3 is 16.8 Å². The van der Waals surface area contributed by atoms with Crippen LogP contribution in [0.4, 0.5) is 5.69 Å². The van der Waals surface area contributed by atoms with Gasteiger partial charge >= 0.3 is 0 Å². The van der Waals surface area contributed by atoms with E-state index in [0.29, 0.717) is 5.69 Å². The van der Waals surface area contributed by atoms with Crippen molar-refractivity contribution in [2.24, 2.45) is 11.5 Å². The summed E-state index contributed by atoms with van der Waals surface area (Å²) in [5.74, 6) is -0.859. The number of hydrogen-bond donors (Lipinski definition) is 3. The van der Waals surface area contributed by atoms with Crippen molar-refractivity contribution >= 4 is 17.5 Å². The topological polar surface area (TPSA) is 116 Å². The quantitative estimate of drug-likeness (QED) is 0.711. The first-order chi connectivity index (χ1) is 9.56. The van der Waals surface area contributed by atoms with Gasteiger partial charge in [-0.05, 0) is 5.56 Å². The zero-order chi connectivity index (χ0) is 14.5. The molecule has 0 saturated carbocycles. The van der Waals surface area contributed by atoms with E-state index in [1.54, 1.807) is 12.1 Å². The molecular formula is C13H15N5O2. The molecule has 0 fully saturated rings. The highest BCUT2D eigenvalue weighted by atomic mass is 16.2. The van der Waals surface area contributed by atoms with Crippen LogP contribution in [0.2, 0.25) is 0 Å².